The molecule has 0 fully saturated rings. The first-order chi connectivity index (χ1) is 9.15. The number of nitrogens with zero attached hydrogens (tertiary/aromatic N) is 4. The lowest BCUT2D eigenvalue weighted by atomic mass is 10.4. The van der Waals surface area contributed by atoms with Gasteiger partial charge in [0.15, 0.2) is 5.65 Å². The van der Waals surface area contributed by atoms with Crippen molar-refractivity contribution in [2.45, 2.75) is 13.8 Å². The van der Waals surface area contributed by atoms with Crippen LogP contribution in [0, 0.1) is 0 Å². The molecule has 0 aromatic carbocycles. The summed E-state index contributed by atoms with van der Waals surface area (Å²) in [4.78, 5) is 28.8. The summed E-state index contributed by atoms with van der Waals surface area (Å²) in [5, 5.41) is 9.07. The molecule has 8 heteroatoms. The monoisotopic (exact) mass is 264 g/mol. The van der Waals surface area contributed by atoms with Crippen LogP contribution in [0.4, 0.5) is 5.82 Å². The van der Waals surface area contributed by atoms with E-state index in [4.69, 9.17) is 0 Å². The third-order valence-corrected chi connectivity index (χ3v) is 2.85. The van der Waals surface area contributed by atoms with Crippen molar-refractivity contribution in [1.82, 2.24) is 24.5 Å². The predicted octanol–water partition coefficient (Wildman–Crippen LogP) is -0.302. The molecule has 2 aromatic rings. The lowest BCUT2D eigenvalue weighted by Gasteiger charge is -2.18. The summed E-state index contributed by atoms with van der Waals surface area (Å²) < 4.78 is 1.29. The van der Waals surface area contributed by atoms with E-state index in [9.17, 15) is 9.59 Å². The minimum absolute atomic E-state index is 0.00564. The molecule has 2 heterocycles. The normalized spacial score (nSPS) is 10.6. The first-order valence-electron chi connectivity index (χ1n) is 6.10. The van der Waals surface area contributed by atoms with Gasteiger partial charge in [-0.1, -0.05) is 0 Å². The van der Waals surface area contributed by atoms with Gasteiger partial charge in [0.05, 0.1) is 6.54 Å². The zero-order chi connectivity index (χ0) is 13.8. The Labute approximate surface area is 109 Å². The highest BCUT2D eigenvalue weighted by molar-refractivity contribution is 5.80. The summed E-state index contributed by atoms with van der Waals surface area (Å²) in [5.41, 5.74) is 0.117. The minimum Gasteiger partial charge on any atom is -0.361 e. The van der Waals surface area contributed by atoms with E-state index in [0.29, 0.717) is 24.6 Å². The maximum atomic E-state index is 11.8. The fourth-order valence-corrected chi connectivity index (χ4v) is 1.76. The molecule has 0 unspecified atom stereocenters. The Bertz CT molecular complexity index is 627. The van der Waals surface area contributed by atoms with Crippen molar-refractivity contribution in [2.24, 2.45) is 0 Å². The van der Waals surface area contributed by atoms with E-state index in [2.05, 4.69) is 20.5 Å². The number of hydrogen-bond donors (Lipinski definition) is 2. The van der Waals surface area contributed by atoms with Crippen LogP contribution in [0.3, 0.4) is 0 Å². The molecule has 0 aliphatic heterocycles. The van der Waals surface area contributed by atoms with Crippen LogP contribution in [0.15, 0.2) is 17.2 Å². The molecular weight excluding hydrogens is 248 g/mol. The summed E-state index contributed by atoms with van der Waals surface area (Å²) >= 11 is 0. The summed E-state index contributed by atoms with van der Waals surface area (Å²) in [6, 6.07) is 1.60. The number of amides is 1. The molecular formula is C11H16N6O2. The zero-order valence-electron chi connectivity index (χ0n) is 10.9. The highest BCUT2D eigenvalue weighted by Crippen LogP contribution is 2.04. The molecule has 2 N–H and O–H groups in total. The summed E-state index contributed by atoms with van der Waals surface area (Å²) in [6.45, 7) is 5.39. The Morgan fingerprint density at radius 1 is 1.47 bits per heavy atom. The zero-order valence-corrected chi connectivity index (χ0v) is 10.9. The fourth-order valence-electron chi connectivity index (χ4n) is 1.76. The predicted molar refractivity (Wildman–Crippen MR) is 70.0 cm³/mol. The first-order valence-corrected chi connectivity index (χ1v) is 6.10. The number of carbonyl (C=O) groups excluding carboxylic acids is 1. The Morgan fingerprint density at radius 3 is 2.89 bits per heavy atom. The topological polar surface area (TPSA) is 95.4 Å². The number of hydrogen-bond acceptors (Lipinski definition) is 5. The van der Waals surface area contributed by atoms with Crippen LogP contribution < -0.4 is 11.0 Å². The summed E-state index contributed by atoms with van der Waals surface area (Å²) in [6.07, 6.45) is 1.37. The third-order valence-electron chi connectivity index (χ3n) is 2.85. The second kappa shape index (κ2) is 5.51. The number of rotatable bonds is 5. The number of anilines is 1. The van der Waals surface area contributed by atoms with E-state index in [0.717, 1.165) is 0 Å². The van der Waals surface area contributed by atoms with Gasteiger partial charge in [-0.15, -0.1) is 0 Å². The summed E-state index contributed by atoms with van der Waals surface area (Å²) in [7, 11) is 0. The largest absolute Gasteiger partial charge is 0.361 e. The third kappa shape index (κ3) is 2.72. The van der Waals surface area contributed by atoms with Crippen LogP contribution in [0.25, 0.3) is 5.65 Å². The number of carbonyl (C=O) groups is 1. The van der Waals surface area contributed by atoms with Gasteiger partial charge in [-0.3, -0.25) is 4.79 Å². The van der Waals surface area contributed by atoms with E-state index >= 15 is 0 Å². The number of H-pyrrole nitrogens is 1. The second-order valence-corrected chi connectivity index (χ2v) is 3.95. The quantitative estimate of drug-likeness (QED) is 0.773. The van der Waals surface area contributed by atoms with Gasteiger partial charge in [0, 0.05) is 19.2 Å². The SMILES string of the molecule is CCN(CC)C(=O)CNc1cc2n[nH]c(=O)n2cn1. The van der Waals surface area contributed by atoms with Gasteiger partial charge in [0.25, 0.3) is 0 Å². The Morgan fingerprint density at radius 2 is 2.21 bits per heavy atom. The van der Waals surface area contributed by atoms with Gasteiger partial charge < -0.3 is 10.2 Å². The molecule has 0 atom stereocenters. The van der Waals surface area contributed by atoms with E-state index < -0.39 is 0 Å². The van der Waals surface area contributed by atoms with Gasteiger partial charge in [0.1, 0.15) is 12.1 Å². The first kappa shape index (κ1) is 13.1. The molecule has 0 aliphatic carbocycles. The van der Waals surface area contributed by atoms with Crippen molar-refractivity contribution < 1.29 is 4.79 Å². The maximum absolute atomic E-state index is 11.8. The van der Waals surface area contributed by atoms with Gasteiger partial charge >= 0.3 is 5.69 Å². The summed E-state index contributed by atoms with van der Waals surface area (Å²) in [5.74, 6) is 0.512. The molecule has 8 nitrogen and oxygen atoms in total. The average Bonchev–Trinajstić information content (AvgIpc) is 2.79. The van der Waals surface area contributed by atoms with Crippen LogP contribution in [0.2, 0.25) is 0 Å². The highest BCUT2D eigenvalue weighted by atomic mass is 16.2. The smallest absolute Gasteiger partial charge is 0.348 e. The molecule has 19 heavy (non-hydrogen) atoms. The minimum atomic E-state index is -0.340. The number of likely N-dealkylation sites (N-methyl/N-ethyl adjacent to an activating group) is 1. The molecule has 0 aliphatic rings. The van der Waals surface area contributed by atoms with Crippen molar-refractivity contribution >= 4 is 17.4 Å². The van der Waals surface area contributed by atoms with Gasteiger partial charge in [-0.25, -0.2) is 19.3 Å². The lowest BCUT2D eigenvalue weighted by molar-refractivity contribution is -0.128. The van der Waals surface area contributed by atoms with Crippen LogP contribution in [0.5, 0.6) is 0 Å². The van der Waals surface area contributed by atoms with E-state index in [-0.39, 0.29) is 18.1 Å². The molecule has 0 saturated carbocycles. The molecule has 0 bridgehead atoms. The van der Waals surface area contributed by atoms with Gasteiger partial charge in [0.2, 0.25) is 5.91 Å². The molecule has 0 saturated heterocycles. The second-order valence-electron chi connectivity index (χ2n) is 3.95. The standard InChI is InChI=1S/C11H16N6O2/c1-3-16(4-2)10(18)6-12-8-5-9-14-15-11(19)17(9)7-13-8/h5,7,12H,3-4,6H2,1-2H3,(H,15,19). The Hall–Kier alpha value is -2.38. The van der Waals surface area contributed by atoms with Crippen LogP contribution in [0.1, 0.15) is 13.8 Å². The van der Waals surface area contributed by atoms with Crippen LogP contribution in [-0.2, 0) is 4.79 Å². The Kier molecular flexibility index (Phi) is 3.79. The molecule has 102 valence electrons. The van der Waals surface area contributed by atoms with Crippen molar-refractivity contribution in [3.05, 3.63) is 22.9 Å². The van der Waals surface area contributed by atoms with Crippen molar-refractivity contribution in [3.63, 3.8) is 0 Å². The van der Waals surface area contributed by atoms with Gasteiger partial charge in [-0.05, 0) is 13.8 Å². The lowest BCUT2D eigenvalue weighted by Crippen LogP contribution is -2.35. The van der Waals surface area contributed by atoms with Crippen molar-refractivity contribution in [1.29, 1.82) is 0 Å². The van der Waals surface area contributed by atoms with Crippen molar-refractivity contribution in [2.75, 3.05) is 25.0 Å². The molecule has 1 amide bonds. The van der Waals surface area contributed by atoms with Crippen LogP contribution in [-0.4, -0.2) is 50.0 Å². The van der Waals surface area contributed by atoms with Crippen LogP contribution >= 0.6 is 0 Å². The molecule has 0 radical (unpaired) electrons. The molecule has 2 rings (SSSR count). The van der Waals surface area contributed by atoms with Gasteiger partial charge in [-0.2, -0.15) is 5.10 Å². The Balaban J connectivity index is 2.05. The number of nitrogens with one attached hydrogen (secondary N) is 2. The molecule has 2 aromatic heterocycles. The van der Waals surface area contributed by atoms with E-state index in [1.54, 1.807) is 11.0 Å². The highest BCUT2D eigenvalue weighted by Gasteiger charge is 2.09. The van der Waals surface area contributed by atoms with E-state index in [1.165, 1.54) is 10.7 Å². The number of aromatic nitrogens is 4. The molecule has 0 spiro atoms. The number of aromatic amines is 1. The maximum Gasteiger partial charge on any atom is 0.348 e. The average molecular weight is 264 g/mol. The van der Waals surface area contributed by atoms with Crippen molar-refractivity contribution in [3.8, 4) is 0 Å². The number of fused-ring (bicyclic) bond motifs is 1. The van der Waals surface area contributed by atoms with E-state index in [1.807, 2.05) is 13.8 Å². The fraction of sp³-hybridized carbons (Fsp3) is 0.455.